The maximum absolute atomic E-state index is 12.6. The van der Waals surface area contributed by atoms with Crippen LogP contribution >= 0.6 is 0 Å². The molecule has 0 radical (unpaired) electrons. The lowest BCUT2D eigenvalue weighted by Gasteiger charge is -2.26. The van der Waals surface area contributed by atoms with Crippen molar-refractivity contribution in [2.45, 2.75) is 104 Å². The molecule has 1 aliphatic heterocycles. The molecule has 8 heteroatoms. The molecule has 1 rings (SSSR count). The average molecular weight is 487 g/mol. The summed E-state index contributed by atoms with van der Waals surface area (Å²) >= 11 is 0. The summed E-state index contributed by atoms with van der Waals surface area (Å²) in [7, 11) is 0. The lowest BCUT2D eigenvalue weighted by molar-refractivity contribution is -0.164. The first-order valence-electron chi connectivity index (χ1n) is 12.4. The van der Waals surface area contributed by atoms with E-state index in [1.54, 1.807) is 13.8 Å². The highest BCUT2D eigenvalue weighted by molar-refractivity contribution is 5.82. The summed E-state index contributed by atoms with van der Waals surface area (Å²) in [4.78, 5) is 12.6. The zero-order valence-corrected chi connectivity index (χ0v) is 21.6. The van der Waals surface area contributed by atoms with Crippen LogP contribution in [0, 0.1) is 17.8 Å². The summed E-state index contributed by atoms with van der Waals surface area (Å²) < 4.78 is 16.6. The number of esters is 1. The number of hydrogen-bond acceptors (Lipinski definition) is 8. The monoisotopic (exact) mass is 486 g/mol. The second kappa shape index (κ2) is 15.0. The van der Waals surface area contributed by atoms with Crippen LogP contribution in [0.3, 0.4) is 0 Å². The third-order valence-electron chi connectivity index (χ3n) is 6.65. The average Bonchev–Trinajstić information content (AvgIpc) is 3.04. The van der Waals surface area contributed by atoms with E-state index >= 15 is 0 Å². The van der Waals surface area contributed by atoms with E-state index in [-0.39, 0.29) is 36.6 Å². The number of carbonyl (C=O) groups excluding carboxylic acids is 1. The van der Waals surface area contributed by atoms with Crippen molar-refractivity contribution in [1.82, 2.24) is 0 Å². The highest BCUT2D eigenvalue weighted by atomic mass is 16.7. The van der Waals surface area contributed by atoms with E-state index in [1.165, 1.54) is 6.08 Å². The quantitative estimate of drug-likeness (QED) is 0.158. The van der Waals surface area contributed by atoms with E-state index in [9.17, 15) is 20.1 Å². The van der Waals surface area contributed by atoms with Crippen molar-refractivity contribution in [2.24, 2.45) is 17.8 Å². The molecule has 8 nitrogen and oxygen atoms in total. The maximum atomic E-state index is 12.6. The molecule has 9 atom stereocenters. The molecular formula is C26H46O8. The maximum Gasteiger partial charge on any atom is 0.331 e. The van der Waals surface area contributed by atoms with Crippen molar-refractivity contribution in [3.63, 3.8) is 0 Å². The minimum Gasteiger partial charge on any atom is -0.459 e. The second-order valence-corrected chi connectivity index (χ2v) is 10.0. The Morgan fingerprint density at radius 3 is 2.29 bits per heavy atom. The van der Waals surface area contributed by atoms with Gasteiger partial charge >= 0.3 is 5.97 Å². The van der Waals surface area contributed by atoms with Crippen LogP contribution in [0.25, 0.3) is 0 Å². The molecule has 4 N–H and O–H groups in total. The third-order valence-corrected chi connectivity index (χ3v) is 6.65. The Morgan fingerprint density at radius 1 is 1.12 bits per heavy atom. The number of allylic oxidation sites excluding steroid dienone is 1. The number of hydrogen-bond donors (Lipinski definition) is 4. The predicted molar refractivity (Wildman–Crippen MR) is 130 cm³/mol. The van der Waals surface area contributed by atoms with E-state index in [1.807, 2.05) is 6.92 Å². The summed E-state index contributed by atoms with van der Waals surface area (Å²) in [6.07, 6.45) is -0.745. The molecule has 1 aliphatic rings. The number of ether oxygens (including phenoxy) is 3. The summed E-state index contributed by atoms with van der Waals surface area (Å²) in [6.45, 7) is 15.4. The van der Waals surface area contributed by atoms with Crippen LogP contribution in [0.2, 0.25) is 0 Å². The van der Waals surface area contributed by atoms with Crippen molar-refractivity contribution in [2.75, 3.05) is 13.2 Å². The van der Waals surface area contributed by atoms with Crippen LogP contribution in [0.4, 0.5) is 0 Å². The molecule has 1 fully saturated rings. The Bertz CT molecular complexity index is 661. The largest absolute Gasteiger partial charge is 0.459 e. The molecule has 0 aromatic carbocycles. The molecule has 1 saturated heterocycles. The lowest BCUT2D eigenvalue weighted by Crippen LogP contribution is -2.34. The van der Waals surface area contributed by atoms with Crippen molar-refractivity contribution >= 4 is 5.97 Å². The first kappa shape index (κ1) is 30.7. The van der Waals surface area contributed by atoms with Crippen LogP contribution < -0.4 is 0 Å². The van der Waals surface area contributed by atoms with Crippen LogP contribution in [-0.4, -0.2) is 76.4 Å². The first-order chi connectivity index (χ1) is 15.9. The third kappa shape index (κ3) is 10.1. The Hall–Kier alpha value is -1.29. The van der Waals surface area contributed by atoms with Crippen molar-refractivity contribution < 1.29 is 39.4 Å². The van der Waals surface area contributed by atoms with Crippen LogP contribution in [0.15, 0.2) is 23.8 Å². The van der Waals surface area contributed by atoms with Gasteiger partial charge in [0.2, 0.25) is 0 Å². The van der Waals surface area contributed by atoms with Crippen molar-refractivity contribution in [1.29, 1.82) is 0 Å². The van der Waals surface area contributed by atoms with Gasteiger partial charge in [0.15, 0.2) is 6.29 Å². The van der Waals surface area contributed by atoms with Gasteiger partial charge in [-0.3, -0.25) is 0 Å². The number of aliphatic hydroxyl groups excluding tert-OH is 4. The van der Waals surface area contributed by atoms with E-state index in [4.69, 9.17) is 19.3 Å². The fourth-order valence-corrected chi connectivity index (χ4v) is 4.14. The Labute approximate surface area is 204 Å². The zero-order valence-electron chi connectivity index (χ0n) is 21.6. The van der Waals surface area contributed by atoms with E-state index < -0.39 is 37.2 Å². The van der Waals surface area contributed by atoms with E-state index in [0.29, 0.717) is 18.4 Å². The molecule has 34 heavy (non-hydrogen) atoms. The molecule has 0 saturated carbocycles. The lowest BCUT2D eigenvalue weighted by atomic mass is 9.86. The second-order valence-electron chi connectivity index (χ2n) is 10.0. The Kier molecular flexibility index (Phi) is 13.5. The van der Waals surface area contributed by atoms with Gasteiger partial charge in [-0.15, -0.1) is 0 Å². The molecule has 198 valence electrons. The Balaban J connectivity index is 2.72. The predicted octanol–water partition coefficient (Wildman–Crippen LogP) is 2.73. The molecule has 0 aliphatic carbocycles. The van der Waals surface area contributed by atoms with Gasteiger partial charge in [0.25, 0.3) is 0 Å². The van der Waals surface area contributed by atoms with Crippen molar-refractivity contribution in [3.8, 4) is 0 Å². The zero-order chi connectivity index (χ0) is 26.0. The van der Waals surface area contributed by atoms with Gasteiger partial charge in [-0.05, 0) is 62.9 Å². The molecule has 0 aromatic rings. The molecular weight excluding hydrogens is 440 g/mol. The smallest absolute Gasteiger partial charge is 0.331 e. The molecule has 0 amide bonds. The SMILES string of the molecule is C=C(CC)[C@H](C)C[C@@H](C[C@@H](C)C[C@@H](C)[C@H](C)O)OC(=O)/C=C(\C)CO[C@H]1O[C@H](CO)[C@@H](O)[C@@H]1O. The first-order valence-corrected chi connectivity index (χ1v) is 12.4. The minimum absolute atomic E-state index is 0.00227. The molecule has 0 unspecified atom stereocenters. The van der Waals surface area contributed by atoms with Crippen LogP contribution in [0.1, 0.15) is 67.2 Å². The Morgan fingerprint density at radius 2 is 1.76 bits per heavy atom. The summed E-state index contributed by atoms with van der Waals surface area (Å²) in [5.41, 5.74) is 1.69. The minimum atomic E-state index is -1.28. The molecule has 0 bridgehead atoms. The fourth-order valence-electron chi connectivity index (χ4n) is 4.14. The number of rotatable bonds is 15. The molecule has 0 aromatic heterocycles. The van der Waals surface area contributed by atoms with Gasteiger partial charge < -0.3 is 34.6 Å². The van der Waals surface area contributed by atoms with Crippen molar-refractivity contribution in [3.05, 3.63) is 23.8 Å². The molecule has 1 heterocycles. The fraction of sp³-hybridized carbons (Fsp3) is 0.808. The van der Waals surface area contributed by atoms with Gasteiger partial charge in [-0.2, -0.15) is 0 Å². The van der Waals surface area contributed by atoms with Gasteiger partial charge in [0.05, 0.1) is 19.3 Å². The summed E-state index contributed by atoms with van der Waals surface area (Å²) in [5, 5.41) is 38.7. The van der Waals surface area contributed by atoms with E-state index in [0.717, 1.165) is 18.4 Å². The van der Waals surface area contributed by atoms with Gasteiger partial charge in [-0.1, -0.05) is 39.8 Å². The topological polar surface area (TPSA) is 126 Å². The standard InChI is InChI=1S/C26H46O8/c1-8-17(4)18(5)12-21(10-15(2)9-19(6)20(7)28)33-23(29)11-16(3)14-32-26-25(31)24(30)22(13-27)34-26/h11,15,18-22,24-28,30-31H,4,8-10,12-14H2,1-3,5-7H3/b16-11+/t15-,18+,19+,20-,21+,22+,24+,25-,26-/m0/s1. The van der Waals surface area contributed by atoms with Crippen LogP contribution in [0.5, 0.6) is 0 Å². The highest BCUT2D eigenvalue weighted by Crippen LogP contribution is 2.27. The van der Waals surface area contributed by atoms with E-state index in [2.05, 4.69) is 27.4 Å². The summed E-state index contributed by atoms with van der Waals surface area (Å²) in [6, 6.07) is 0. The van der Waals surface area contributed by atoms with Gasteiger partial charge in [0.1, 0.15) is 24.4 Å². The number of aliphatic hydroxyl groups is 4. The van der Waals surface area contributed by atoms with Gasteiger partial charge in [-0.25, -0.2) is 4.79 Å². The summed E-state index contributed by atoms with van der Waals surface area (Å²) in [5.74, 6) is 0.164. The van der Waals surface area contributed by atoms with Gasteiger partial charge in [0, 0.05) is 6.08 Å². The normalized spacial score (nSPS) is 27.6. The number of carbonyl (C=O) groups is 1. The molecule has 0 spiro atoms. The van der Waals surface area contributed by atoms with Crippen LogP contribution in [-0.2, 0) is 19.0 Å². The highest BCUT2D eigenvalue weighted by Gasteiger charge is 2.43.